The molecule has 3 nitrogen and oxygen atoms in total. The lowest BCUT2D eigenvalue weighted by Gasteiger charge is -2.32. The molecule has 1 fully saturated rings. The Morgan fingerprint density at radius 1 is 1.44 bits per heavy atom. The zero-order valence-electron chi connectivity index (χ0n) is 9.46. The smallest absolute Gasteiger partial charge is 0.381 e. The first-order chi connectivity index (χ1) is 7.38. The van der Waals surface area contributed by atoms with Crippen LogP contribution in [0.3, 0.4) is 0 Å². The van der Waals surface area contributed by atoms with Crippen molar-refractivity contribution in [2.75, 3.05) is 33.4 Å². The van der Waals surface area contributed by atoms with Crippen LogP contribution in [-0.2, 0) is 4.74 Å². The van der Waals surface area contributed by atoms with Crippen LogP contribution in [0.5, 0.6) is 0 Å². The summed E-state index contributed by atoms with van der Waals surface area (Å²) in [5.74, 6) is 0.145. The number of nitrogens with zero attached hydrogens (tertiary/aromatic N) is 1. The molecule has 0 spiro atoms. The van der Waals surface area contributed by atoms with Crippen molar-refractivity contribution < 1.29 is 17.9 Å². The Morgan fingerprint density at radius 2 is 2.12 bits per heavy atom. The Labute approximate surface area is 93.7 Å². The summed E-state index contributed by atoms with van der Waals surface area (Å²) in [4.78, 5) is 1.67. The highest BCUT2D eigenvalue weighted by Crippen LogP contribution is 2.20. The highest BCUT2D eigenvalue weighted by molar-refractivity contribution is 4.78. The molecule has 0 aromatic heterocycles. The van der Waals surface area contributed by atoms with Gasteiger partial charge in [0.2, 0.25) is 0 Å². The fraction of sp³-hybridized carbons (Fsp3) is 1.00. The van der Waals surface area contributed by atoms with E-state index in [1.807, 2.05) is 0 Å². The standard InChI is InChI=1S/C10H19F3N2O/c1-15(4-3-10(11,12)13)6-8-7-16-5-2-9(8)14/h8-9H,2-7,14H2,1H3. The van der Waals surface area contributed by atoms with Crippen molar-refractivity contribution in [1.82, 2.24) is 4.90 Å². The van der Waals surface area contributed by atoms with Crippen molar-refractivity contribution in [2.45, 2.75) is 25.1 Å². The van der Waals surface area contributed by atoms with Crippen molar-refractivity contribution >= 4 is 0 Å². The Bertz CT molecular complexity index is 211. The molecule has 2 N–H and O–H groups in total. The van der Waals surface area contributed by atoms with Gasteiger partial charge in [-0.15, -0.1) is 0 Å². The van der Waals surface area contributed by atoms with Gasteiger partial charge in [-0.1, -0.05) is 0 Å². The third-order valence-electron chi connectivity index (χ3n) is 2.86. The summed E-state index contributed by atoms with van der Waals surface area (Å²) in [7, 11) is 1.69. The van der Waals surface area contributed by atoms with Crippen molar-refractivity contribution in [3.8, 4) is 0 Å². The van der Waals surface area contributed by atoms with Crippen LogP contribution in [0.1, 0.15) is 12.8 Å². The van der Waals surface area contributed by atoms with Gasteiger partial charge in [-0.2, -0.15) is 13.2 Å². The molecule has 1 heterocycles. The summed E-state index contributed by atoms with van der Waals surface area (Å²) in [6.45, 7) is 1.80. The van der Waals surface area contributed by atoms with E-state index in [1.54, 1.807) is 11.9 Å². The first-order valence-electron chi connectivity index (χ1n) is 5.47. The highest BCUT2D eigenvalue weighted by atomic mass is 19.4. The SMILES string of the molecule is CN(CCC(F)(F)F)CC1COCCC1N. The fourth-order valence-electron chi connectivity index (χ4n) is 1.81. The van der Waals surface area contributed by atoms with Gasteiger partial charge in [0, 0.05) is 31.7 Å². The zero-order chi connectivity index (χ0) is 12.2. The predicted octanol–water partition coefficient (Wildman–Crippen LogP) is 1.23. The normalized spacial score (nSPS) is 27.4. The third-order valence-corrected chi connectivity index (χ3v) is 2.86. The molecule has 0 bridgehead atoms. The largest absolute Gasteiger partial charge is 0.390 e. The van der Waals surface area contributed by atoms with Gasteiger partial charge in [0.15, 0.2) is 0 Å². The monoisotopic (exact) mass is 240 g/mol. The molecule has 2 unspecified atom stereocenters. The molecule has 0 radical (unpaired) electrons. The van der Waals surface area contributed by atoms with Gasteiger partial charge < -0.3 is 15.4 Å². The summed E-state index contributed by atoms with van der Waals surface area (Å²) in [6.07, 6.45) is -4.07. The lowest BCUT2D eigenvalue weighted by molar-refractivity contribution is -0.137. The molecule has 0 amide bonds. The van der Waals surface area contributed by atoms with Crippen LogP contribution in [0.2, 0.25) is 0 Å². The van der Waals surface area contributed by atoms with Crippen molar-refractivity contribution in [1.29, 1.82) is 0 Å². The summed E-state index contributed by atoms with van der Waals surface area (Å²) in [5.41, 5.74) is 5.88. The van der Waals surface area contributed by atoms with Crippen LogP contribution in [0.4, 0.5) is 13.2 Å². The minimum Gasteiger partial charge on any atom is -0.381 e. The Balaban J connectivity index is 2.24. The van der Waals surface area contributed by atoms with Crippen LogP contribution >= 0.6 is 0 Å². The van der Waals surface area contributed by atoms with E-state index in [0.717, 1.165) is 6.42 Å². The molecule has 1 saturated heterocycles. The van der Waals surface area contributed by atoms with E-state index in [-0.39, 0.29) is 18.5 Å². The van der Waals surface area contributed by atoms with E-state index in [1.165, 1.54) is 0 Å². The average molecular weight is 240 g/mol. The van der Waals surface area contributed by atoms with Crippen LogP contribution < -0.4 is 5.73 Å². The molecule has 0 saturated carbocycles. The van der Waals surface area contributed by atoms with Crippen LogP contribution in [0, 0.1) is 5.92 Å². The minimum atomic E-state index is -4.08. The van der Waals surface area contributed by atoms with Gasteiger partial charge >= 0.3 is 6.18 Å². The van der Waals surface area contributed by atoms with Crippen molar-refractivity contribution in [3.63, 3.8) is 0 Å². The van der Waals surface area contributed by atoms with Gasteiger partial charge in [0.05, 0.1) is 13.0 Å². The van der Waals surface area contributed by atoms with Crippen molar-refractivity contribution in [3.05, 3.63) is 0 Å². The second-order valence-corrected chi connectivity index (χ2v) is 4.41. The quantitative estimate of drug-likeness (QED) is 0.803. The first kappa shape index (κ1) is 13.7. The predicted molar refractivity (Wildman–Crippen MR) is 55.1 cm³/mol. The minimum absolute atomic E-state index is 0.0206. The maximum Gasteiger partial charge on any atom is 0.390 e. The molecular formula is C10H19F3N2O. The summed E-state index contributed by atoms with van der Waals surface area (Å²) in [5, 5.41) is 0. The van der Waals surface area contributed by atoms with E-state index in [4.69, 9.17) is 10.5 Å². The van der Waals surface area contributed by atoms with E-state index in [2.05, 4.69) is 0 Å². The van der Waals surface area contributed by atoms with Crippen LogP contribution in [0.25, 0.3) is 0 Å². The van der Waals surface area contributed by atoms with E-state index >= 15 is 0 Å². The second-order valence-electron chi connectivity index (χ2n) is 4.41. The topological polar surface area (TPSA) is 38.5 Å². The molecule has 2 atom stereocenters. The molecule has 16 heavy (non-hydrogen) atoms. The highest BCUT2D eigenvalue weighted by Gasteiger charge is 2.28. The number of halogens is 3. The third kappa shape index (κ3) is 5.14. The van der Waals surface area contributed by atoms with Gasteiger partial charge in [-0.05, 0) is 13.5 Å². The number of hydrogen-bond donors (Lipinski definition) is 1. The van der Waals surface area contributed by atoms with Gasteiger partial charge in [0.25, 0.3) is 0 Å². The number of ether oxygens (including phenoxy) is 1. The maximum atomic E-state index is 12.0. The number of nitrogens with two attached hydrogens (primary N) is 1. The summed E-state index contributed by atoms with van der Waals surface area (Å²) in [6, 6.07) is 0.0436. The van der Waals surface area contributed by atoms with Gasteiger partial charge in [-0.25, -0.2) is 0 Å². The zero-order valence-corrected chi connectivity index (χ0v) is 9.46. The molecular weight excluding hydrogens is 221 g/mol. The number of alkyl halides is 3. The molecule has 0 aromatic rings. The Hall–Kier alpha value is -0.330. The average Bonchev–Trinajstić information content (AvgIpc) is 2.18. The van der Waals surface area contributed by atoms with Gasteiger partial charge in [0.1, 0.15) is 0 Å². The maximum absolute atomic E-state index is 12.0. The number of rotatable bonds is 4. The van der Waals surface area contributed by atoms with Crippen LogP contribution in [-0.4, -0.2) is 50.5 Å². The van der Waals surface area contributed by atoms with E-state index in [9.17, 15) is 13.2 Å². The lowest BCUT2D eigenvalue weighted by atomic mass is 9.96. The molecule has 1 aliphatic heterocycles. The summed E-state index contributed by atoms with van der Waals surface area (Å²) < 4.78 is 41.3. The Morgan fingerprint density at radius 3 is 2.69 bits per heavy atom. The molecule has 1 aliphatic rings. The second kappa shape index (κ2) is 5.84. The molecule has 96 valence electrons. The van der Waals surface area contributed by atoms with E-state index < -0.39 is 12.6 Å². The lowest BCUT2D eigenvalue weighted by Crippen LogP contribution is -2.44. The molecule has 0 aromatic carbocycles. The molecule has 0 aliphatic carbocycles. The van der Waals surface area contributed by atoms with Gasteiger partial charge in [-0.3, -0.25) is 0 Å². The molecule has 1 rings (SSSR count). The molecule has 6 heteroatoms. The number of hydrogen-bond acceptors (Lipinski definition) is 3. The summed E-state index contributed by atoms with van der Waals surface area (Å²) >= 11 is 0. The fourth-order valence-corrected chi connectivity index (χ4v) is 1.81. The Kier molecular flexibility index (Phi) is 5.01. The van der Waals surface area contributed by atoms with Crippen molar-refractivity contribution in [2.24, 2.45) is 11.7 Å². The van der Waals surface area contributed by atoms with Crippen LogP contribution in [0.15, 0.2) is 0 Å². The van der Waals surface area contributed by atoms with E-state index in [0.29, 0.717) is 19.8 Å². The first-order valence-corrected chi connectivity index (χ1v) is 5.47.